The third-order valence-electron chi connectivity index (χ3n) is 11.5. The number of benzene rings is 8. The number of rotatable bonds is 5. The van der Waals surface area contributed by atoms with Crippen LogP contribution in [-0.4, -0.2) is 14.1 Å². The van der Waals surface area contributed by atoms with Gasteiger partial charge in [0.15, 0.2) is 0 Å². The largest absolute Gasteiger partial charge is 0.455 e. The summed E-state index contributed by atoms with van der Waals surface area (Å²) < 4.78 is 12.0. The maximum absolute atomic E-state index is 7.19. The molecule has 4 heteroatoms. The number of fused-ring (bicyclic) bond motifs is 9. The average molecular weight is 728 g/mol. The highest BCUT2D eigenvalue weighted by atomic mass is 16.3. The molecule has 266 valence electrons. The van der Waals surface area contributed by atoms with Crippen molar-refractivity contribution in [3.63, 3.8) is 0 Å². The standard InChI is InChI=1S/C53H33N3O/c1-3-17-34(18-4-1)36-31-42(35-19-5-2-6-20-35)54-43(32-36)52-49(56-46-28-14-9-23-39(46)40-24-10-15-29-47(40)56)33-48(51-41-25-11-16-30-50(41)57-53(51)52)55-44-26-12-7-21-37(44)38-22-8-13-27-45(38)55/h1-33H. The second kappa shape index (κ2) is 12.4. The monoisotopic (exact) mass is 727 g/mol. The van der Waals surface area contributed by atoms with E-state index < -0.39 is 0 Å². The molecule has 4 aromatic heterocycles. The summed E-state index contributed by atoms with van der Waals surface area (Å²) in [4.78, 5) is 5.56. The first-order valence-electron chi connectivity index (χ1n) is 19.4. The molecule has 0 aliphatic carbocycles. The minimum atomic E-state index is 0.796. The molecule has 0 aliphatic heterocycles. The molecule has 0 fully saturated rings. The summed E-state index contributed by atoms with van der Waals surface area (Å²) in [7, 11) is 0. The molecule has 0 amide bonds. The van der Waals surface area contributed by atoms with E-state index in [2.05, 4.69) is 209 Å². The van der Waals surface area contributed by atoms with Crippen LogP contribution in [-0.2, 0) is 0 Å². The van der Waals surface area contributed by atoms with Crippen molar-refractivity contribution in [1.82, 2.24) is 14.1 Å². The number of hydrogen-bond donors (Lipinski definition) is 0. The van der Waals surface area contributed by atoms with Crippen LogP contribution < -0.4 is 0 Å². The molecule has 12 aromatic rings. The van der Waals surface area contributed by atoms with E-state index in [-0.39, 0.29) is 0 Å². The zero-order valence-electron chi connectivity index (χ0n) is 30.8. The number of nitrogens with zero attached hydrogens (tertiary/aromatic N) is 3. The lowest BCUT2D eigenvalue weighted by Crippen LogP contribution is -2.04. The van der Waals surface area contributed by atoms with Crippen molar-refractivity contribution in [2.75, 3.05) is 0 Å². The van der Waals surface area contributed by atoms with E-state index in [9.17, 15) is 0 Å². The van der Waals surface area contributed by atoms with Crippen LogP contribution in [0.25, 0.3) is 111 Å². The molecular formula is C53H33N3O. The van der Waals surface area contributed by atoms with Crippen LogP contribution in [0.2, 0.25) is 0 Å². The molecule has 0 bridgehead atoms. The third-order valence-corrected chi connectivity index (χ3v) is 11.5. The summed E-state index contributed by atoms with van der Waals surface area (Å²) >= 11 is 0. The Bertz CT molecular complexity index is 3350. The zero-order chi connectivity index (χ0) is 37.5. The number of furan rings is 1. The Labute approximate surface area is 328 Å². The predicted molar refractivity (Wildman–Crippen MR) is 237 cm³/mol. The topological polar surface area (TPSA) is 35.9 Å². The first kappa shape index (κ1) is 31.6. The van der Waals surface area contributed by atoms with Crippen LogP contribution in [0.4, 0.5) is 0 Å². The molecule has 0 saturated carbocycles. The van der Waals surface area contributed by atoms with Gasteiger partial charge in [-0.3, -0.25) is 0 Å². The van der Waals surface area contributed by atoms with Gasteiger partial charge in [0.25, 0.3) is 0 Å². The van der Waals surface area contributed by atoms with E-state index in [0.717, 1.165) is 89.0 Å². The molecule has 0 saturated heterocycles. The molecule has 0 unspecified atom stereocenters. The van der Waals surface area contributed by atoms with E-state index in [1.54, 1.807) is 0 Å². The van der Waals surface area contributed by atoms with E-state index in [4.69, 9.17) is 9.40 Å². The molecule has 0 atom stereocenters. The van der Waals surface area contributed by atoms with Gasteiger partial charge in [0.2, 0.25) is 0 Å². The summed E-state index contributed by atoms with van der Waals surface area (Å²) in [6.45, 7) is 0. The third kappa shape index (κ3) is 4.77. The highest BCUT2D eigenvalue weighted by Gasteiger charge is 2.27. The molecule has 4 heterocycles. The first-order chi connectivity index (χ1) is 28.3. The molecular weight excluding hydrogens is 695 g/mol. The van der Waals surface area contributed by atoms with Gasteiger partial charge in [-0.15, -0.1) is 0 Å². The second-order valence-corrected chi connectivity index (χ2v) is 14.7. The smallest absolute Gasteiger partial charge is 0.149 e. The summed E-state index contributed by atoms with van der Waals surface area (Å²) in [5, 5.41) is 6.91. The molecule has 8 aromatic carbocycles. The fourth-order valence-electron chi connectivity index (χ4n) is 9.04. The normalized spacial score (nSPS) is 11.9. The molecule has 12 rings (SSSR count). The van der Waals surface area contributed by atoms with Crippen molar-refractivity contribution in [2.24, 2.45) is 0 Å². The zero-order valence-corrected chi connectivity index (χ0v) is 30.8. The average Bonchev–Trinajstić information content (AvgIpc) is 3.95. The van der Waals surface area contributed by atoms with Crippen molar-refractivity contribution in [1.29, 1.82) is 0 Å². The van der Waals surface area contributed by atoms with Gasteiger partial charge in [0.1, 0.15) is 11.2 Å². The Morgan fingerprint density at radius 2 is 0.789 bits per heavy atom. The molecule has 0 spiro atoms. The fourth-order valence-corrected chi connectivity index (χ4v) is 9.04. The Morgan fingerprint density at radius 3 is 1.35 bits per heavy atom. The minimum Gasteiger partial charge on any atom is -0.455 e. The summed E-state index contributed by atoms with van der Waals surface area (Å²) in [5.74, 6) is 0. The number of para-hydroxylation sites is 5. The summed E-state index contributed by atoms with van der Waals surface area (Å²) in [5.41, 5.74) is 14.1. The van der Waals surface area contributed by atoms with Gasteiger partial charge >= 0.3 is 0 Å². The van der Waals surface area contributed by atoms with E-state index in [1.165, 1.54) is 21.5 Å². The molecule has 0 radical (unpaired) electrons. The van der Waals surface area contributed by atoms with Gasteiger partial charge in [-0.25, -0.2) is 4.98 Å². The summed E-state index contributed by atoms with van der Waals surface area (Å²) in [6.07, 6.45) is 0. The van der Waals surface area contributed by atoms with Gasteiger partial charge < -0.3 is 13.6 Å². The minimum absolute atomic E-state index is 0.796. The van der Waals surface area contributed by atoms with Crippen molar-refractivity contribution >= 4 is 65.6 Å². The maximum atomic E-state index is 7.19. The van der Waals surface area contributed by atoms with Crippen LogP contribution in [0.15, 0.2) is 205 Å². The van der Waals surface area contributed by atoms with Crippen LogP contribution in [0.5, 0.6) is 0 Å². The van der Waals surface area contributed by atoms with Crippen molar-refractivity contribution in [3.05, 3.63) is 200 Å². The maximum Gasteiger partial charge on any atom is 0.149 e. The van der Waals surface area contributed by atoms with Crippen molar-refractivity contribution in [2.45, 2.75) is 0 Å². The van der Waals surface area contributed by atoms with E-state index in [0.29, 0.717) is 0 Å². The van der Waals surface area contributed by atoms with Gasteiger partial charge in [0, 0.05) is 32.5 Å². The van der Waals surface area contributed by atoms with Gasteiger partial charge in [0.05, 0.1) is 55.8 Å². The second-order valence-electron chi connectivity index (χ2n) is 14.7. The predicted octanol–water partition coefficient (Wildman–Crippen LogP) is 14.2. The van der Waals surface area contributed by atoms with Gasteiger partial charge in [-0.05, 0) is 59.7 Å². The van der Waals surface area contributed by atoms with Crippen molar-refractivity contribution in [3.8, 4) is 45.0 Å². The van der Waals surface area contributed by atoms with Crippen LogP contribution in [0.1, 0.15) is 0 Å². The number of pyridine rings is 1. The lowest BCUT2D eigenvalue weighted by molar-refractivity contribution is 0.669. The van der Waals surface area contributed by atoms with Crippen LogP contribution >= 0.6 is 0 Å². The first-order valence-corrected chi connectivity index (χ1v) is 19.4. The van der Waals surface area contributed by atoms with Crippen LogP contribution in [0.3, 0.4) is 0 Å². The Kier molecular flexibility index (Phi) is 6.89. The molecule has 0 N–H and O–H groups in total. The lowest BCUT2D eigenvalue weighted by Gasteiger charge is -2.19. The molecule has 0 aliphatic rings. The highest BCUT2D eigenvalue weighted by Crippen LogP contribution is 2.47. The lowest BCUT2D eigenvalue weighted by atomic mass is 9.97. The van der Waals surface area contributed by atoms with Gasteiger partial charge in [-0.2, -0.15) is 0 Å². The van der Waals surface area contributed by atoms with E-state index >= 15 is 0 Å². The summed E-state index contributed by atoms with van der Waals surface area (Å²) in [6, 6.07) is 71.2. The SMILES string of the molecule is c1ccc(-c2cc(-c3ccccc3)nc(-c3c(-n4c5ccccc5c5ccccc54)cc(-n4c5ccccc5c5ccccc54)c4c3oc3ccccc34)c2)cc1. The Balaban J connectivity index is 1.31. The van der Waals surface area contributed by atoms with Crippen molar-refractivity contribution < 1.29 is 4.42 Å². The Hall–Kier alpha value is -7.69. The highest BCUT2D eigenvalue weighted by molar-refractivity contribution is 6.19. The number of hydrogen-bond acceptors (Lipinski definition) is 2. The molecule has 4 nitrogen and oxygen atoms in total. The van der Waals surface area contributed by atoms with Crippen LogP contribution in [0, 0.1) is 0 Å². The van der Waals surface area contributed by atoms with Gasteiger partial charge in [-0.1, -0.05) is 152 Å². The number of aromatic nitrogens is 3. The fraction of sp³-hybridized carbons (Fsp3) is 0. The Morgan fingerprint density at radius 1 is 0.351 bits per heavy atom. The quantitative estimate of drug-likeness (QED) is 0.177. The molecule has 57 heavy (non-hydrogen) atoms. The van der Waals surface area contributed by atoms with E-state index in [1.807, 2.05) is 0 Å².